The Hall–Kier alpha value is -4.29. The number of nitrogens with two attached hydrogens (primary N) is 1. The van der Waals surface area contributed by atoms with Crippen molar-refractivity contribution in [1.82, 2.24) is 24.7 Å². The third-order valence-corrected chi connectivity index (χ3v) is 5.55. The number of fused-ring (bicyclic) bond motifs is 1. The Morgan fingerprint density at radius 2 is 1.89 bits per heavy atom. The van der Waals surface area contributed by atoms with Crippen LogP contribution < -0.4 is 22.2 Å². The fourth-order valence-corrected chi connectivity index (χ4v) is 3.82. The molecule has 3 heterocycles. The van der Waals surface area contributed by atoms with Crippen LogP contribution in [-0.4, -0.2) is 30.8 Å². The maximum atomic E-state index is 14.7. The lowest BCUT2D eigenvalue weighted by Gasteiger charge is -2.18. The van der Waals surface area contributed by atoms with Crippen LogP contribution in [0.25, 0.3) is 22.2 Å². The SMILES string of the molecule is C[C@@H](CCCn1ccc2cc(-c3ncc(N)cn3)c(F)cc2c1=O)Nc1cn[nH]c(=O)c1C(F)(F)F. The summed E-state index contributed by atoms with van der Waals surface area (Å²) in [7, 11) is 0. The fourth-order valence-electron chi connectivity index (χ4n) is 3.82. The van der Waals surface area contributed by atoms with E-state index in [9.17, 15) is 27.2 Å². The van der Waals surface area contributed by atoms with Crippen molar-refractivity contribution in [2.45, 2.75) is 38.5 Å². The van der Waals surface area contributed by atoms with Gasteiger partial charge in [0.1, 0.15) is 11.4 Å². The summed E-state index contributed by atoms with van der Waals surface area (Å²) in [6.45, 7) is 1.91. The minimum Gasteiger partial charge on any atom is -0.396 e. The molecule has 0 saturated carbocycles. The fraction of sp³-hybridized carbons (Fsp3) is 0.261. The molecule has 0 unspecified atom stereocenters. The predicted molar refractivity (Wildman–Crippen MR) is 126 cm³/mol. The zero-order valence-electron chi connectivity index (χ0n) is 18.9. The molecule has 0 fully saturated rings. The smallest absolute Gasteiger partial charge is 0.396 e. The van der Waals surface area contributed by atoms with Crippen LogP contribution in [0.1, 0.15) is 25.3 Å². The van der Waals surface area contributed by atoms with E-state index >= 15 is 0 Å². The molecule has 4 aromatic rings. The molecule has 36 heavy (non-hydrogen) atoms. The lowest BCUT2D eigenvalue weighted by Crippen LogP contribution is -2.27. The van der Waals surface area contributed by atoms with Gasteiger partial charge in [-0.3, -0.25) is 9.59 Å². The standard InChI is InChI=1S/C23H21F4N7O2/c1-12(32-18-11-31-33-21(35)19(18)23(25,26)27)3-2-5-34-6-4-13-7-16(17(24)8-15(13)22(34)36)20-29-9-14(28)10-30-20/h4,6-12H,2-3,5,28H2,1H3,(H2,32,33,35)/t12-/m0/s1. The highest BCUT2D eigenvalue weighted by molar-refractivity contribution is 5.86. The number of H-pyrrole nitrogens is 1. The van der Waals surface area contributed by atoms with Gasteiger partial charge < -0.3 is 15.6 Å². The van der Waals surface area contributed by atoms with Crippen LogP contribution in [0.4, 0.5) is 28.9 Å². The van der Waals surface area contributed by atoms with Gasteiger partial charge in [0.2, 0.25) is 0 Å². The average Bonchev–Trinajstić information content (AvgIpc) is 2.80. The molecule has 0 amide bonds. The molecular formula is C23H21F4N7O2. The molecule has 3 aromatic heterocycles. The predicted octanol–water partition coefficient (Wildman–Crippen LogP) is 3.56. The third-order valence-electron chi connectivity index (χ3n) is 5.55. The highest BCUT2D eigenvalue weighted by Gasteiger charge is 2.37. The Morgan fingerprint density at radius 1 is 1.17 bits per heavy atom. The van der Waals surface area contributed by atoms with Gasteiger partial charge in [-0.15, -0.1) is 0 Å². The van der Waals surface area contributed by atoms with Gasteiger partial charge in [-0.05, 0) is 43.4 Å². The van der Waals surface area contributed by atoms with Gasteiger partial charge >= 0.3 is 6.18 Å². The summed E-state index contributed by atoms with van der Waals surface area (Å²) in [5.74, 6) is -0.523. The molecule has 0 spiro atoms. The number of pyridine rings is 1. The molecule has 0 radical (unpaired) electrons. The number of aromatic nitrogens is 5. The zero-order chi connectivity index (χ0) is 26.0. The molecule has 0 saturated heterocycles. The number of nitrogens with one attached hydrogen (secondary N) is 2. The zero-order valence-corrected chi connectivity index (χ0v) is 18.9. The quantitative estimate of drug-likeness (QED) is 0.329. The minimum absolute atomic E-state index is 0.131. The van der Waals surface area contributed by atoms with E-state index < -0.39 is 40.4 Å². The van der Waals surface area contributed by atoms with Crippen molar-refractivity contribution in [3.63, 3.8) is 0 Å². The number of hydrogen-bond donors (Lipinski definition) is 3. The molecule has 0 bridgehead atoms. The lowest BCUT2D eigenvalue weighted by atomic mass is 10.1. The molecule has 188 valence electrons. The first-order chi connectivity index (χ1) is 17.0. The first kappa shape index (κ1) is 24.8. The second-order valence-electron chi connectivity index (χ2n) is 8.25. The van der Waals surface area contributed by atoms with Crippen LogP contribution in [-0.2, 0) is 12.7 Å². The van der Waals surface area contributed by atoms with Gasteiger partial charge in [0, 0.05) is 18.8 Å². The van der Waals surface area contributed by atoms with Crippen LogP contribution in [0.15, 0.2) is 52.6 Å². The Bertz CT molecular complexity index is 1510. The Balaban J connectivity index is 1.47. The summed E-state index contributed by atoms with van der Waals surface area (Å²) in [5.41, 5.74) is 2.53. The van der Waals surface area contributed by atoms with Crippen molar-refractivity contribution in [3.8, 4) is 11.4 Å². The second-order valence-corrected chi connectivity index (χ2v) is 8.25. The van der Waals surface area contributed by atoms with Crippen molar-refractivity contribution in [2.75, 3.05) is 11.1 Å². The van der Waals surface area contributed by atoms with Crippen molar-refractivity contribution < 1.29 is 17.6 Å². The van der Waals surface area contributed by atoms with Crippen LogP contribution in [0.2, 0.25) is 0 Å². The molecule has 0 aliphatic heterocycles. The molecule has 13 heteroatoms. The number of aromatic amines is 1. The van der Waals surface area contributed by atoms with Gasteiger partial charge in [0.25, 0.3) is 11.1 Å². The van der Waals surface area contributed by atoms with Crippen molar-refractivity contribution in [1.29, 1.82) is 0 Å². The minimum atomic E-state index is -4.84. The van der Waals surface area contributed by atoms with E-state index in [0.29, 0.717) is 23.9 Å². The number of nitrogen functional groups attached to an aromatic ring is 1. The van der Waals surface area contributed by atoms with E-state index in [2.05, 4.69) is 20.4 Å². The van der Waals surface area contributed by atoms with E-state index in [1.807, 2.05) is 0 Å². The van der Waals surface area contributed by atoms with Gasteiger partial charge in [0.05, 0.1) is 40.9 Å². The van der Waals surface area contributed by atoms with Gasteiger partial charge in [-0.25, -0.2) is 19.5 Å². The monoisotopic (exact) mass is 503 g/mol. The number of benzene rings is 1. The maximum absolute atomic E-state index is 14.7. The maximum Gasteiger partial charge on any atom is 0.423 e. The Morgan fingerprint density at radius 3 is 2.58 bits per heavy atom. The lowest BCUT2D eigenvalue weighted by molar-refractivity contribution is -0.138. The normalized spacial score (nSPS) is 12.6. The number of hydrogen-bond acceptors (Lipinski definition) is 7. The highest BCUT2D eigenvalue weighted by Crippen LogP contribution is 2.32. The largest absolute Gasteiger partial charge is 0.423 e. The average molecular weight is 503 g/mol. The number of rotatable bonds is 7. The molecule has 4 rings (SSSR count). The van der Waals surface area contributed by atoms with E-state index in [0.717, 1.165) is 12.3 Å². The second kappa shape index (κ2) is 9.76. The van der Waals surface area contributed by atoms with Gasteiger partial charge in [-0.2, -0.15) is 18.3 Å². The Kier molecular flexibility index (Phi) is 6.73. The number of alkyl halides is 3. The van der Waals surface area contributed by atoms with Crippen LogP contribution >= 0.6 is 0 Å². The third kappa shape index (κ3) is 5.19. The van der Waals surface area contributed by atoms with E-state index in [-0.39, 0.29) is 23.3 Å². The summed E-state index contributed by atoms with van der Waals surface area (Å²) < 4.78 is 55.8. The molecule has 0 aliphatic carbocycles. The summed E-state index contributed by atoms with van der Waals surface area (Å²) in [4.78, 5) is 32.5. The topological polar surface area (TPSA) is 132 Å². The first-order valence-electron chi connectivity index (χ1n) is 10.9. The summed E-state index contributed by atoms with van der Waals surface area (Å²) in [6, 6.07) is 3.83. The van der Waals surface area contributed by atoms with Crippen molar-refractivity contribution in [2.24, 2.45) is 0 Å². The summed E-state index contributed by atoms with van der Waals surface area (Å²) >= 11 is 0. The van der Waals surface area contributed by atoms with Crippen LogP contribution in [0, 0.1) is 5.82 Å². The van der Waals surface area contributed by atoms with Crippen molar-refractivity contribution >= 4 is 22.1 Å². The Labute approximate surface area is 201 Å². The first-order valence-corrected chi connectivity index (χ1v) is 10.9. The number of anilines is 2. The molecule has 1 atom stereocenters. The molecule has 1 aromatic carbocycles. The van der Waals surface area contributed by atoms with Crippen LogP contribution in [0.5, 0.6) is 0 Å². The highest BCUT2D eigenvalue weighted by atomic mass is 19.4. The molecule has 4 N–H and O–H groups in total. The van der Waals surface area contributed by atoms with Crippen LogP contribution in [0.3, 0.4) is 0 Å². The summed E-state index contributed by atoms with van der Waals surface area (Å²) in [5, 5.41) is 8.55. The van der Waals surface area contributed by atoms with Gasteiger partial charge in [0.15, 0.2) is 5.82 Å². The number of halogens is 4. The number of nitrogens with zero attached hydrogens (tertiary/aromatic N) is 4. The molecular weight excluding hydrogens is 482 g/mol. The van der Waals surface area contributed by atoms with E-state index in [4.69, 9.17) is 5.73 Å². The van der Waals surface area contributed by atoms with E-state index in [1.54, 1.807) is 24.3 Å². The number of aryl methyl sites for hydroxylation is 1. The van der Waals surface area contributed by atoms with E-state index in [1.165, 1.54) is 23.0 Å². The summed E-state index contributed by atoms with van der Waals surface area (Å²) in [6.07, 6.45) is 1.16. The molecule has 9 nitrogen and oxygen atoms in total. The van der Waals surface area contributed by atoms with Crippen molar-refractivity contribution in [3.05, 3.63) is 75.1 Å². The van der Waals surface area contributed by atoms with Gasteiger partial charge in [-0.1, -0.05) is 0 Å². The molecule has 0 aliphatic rings.